The van der Waals surface area contributed by atoms with Crippen LogP contribution >= 0.6 is 15.9 Å². The minimum absolute atomic E-state index is 0.111. The lowest BCUT2D eigenvalue weighted by Gasteiger charge is -2.09. The Balaban J connectivity index is 2.10. The monoisotopic (exact) mass is 318 g/mol. The Morgan fingerprint density at radius 3 is 2.74 bits per heavy atom. The zero-order valence-corrected chi connectivity index (χ0v) is 12.2. The summed E-state index contributed by atoms with van der Waals surface area (Å²) in [6.07, 6.45) is 0. The molecule has 0 unspecified atom stereocenters. The van der Waals surface area contributed by atoms with Gasteiger partial charge in [0.1, 0.15) is 0 Å². The van der Waals surface area contributed by atoms with Crippen LogP contribution in [0.3, 0.4) is 0 Å². The molecule has 2 rings (SSSR count). The van der Waals surface area contributed by atoms with Gasteiger partial charge in [-0.1, -0.05) is 40.2 Å². The normalized spacial score (nSPS) is 10.2. The molecule has 4 heteroatoms. The van der Waals surface area contributed by atoms with E-state index in [0.29, 0.717) is 17.8 Å². The predicted molar refractivity (Wildman–Crippen MR) is 80.9 cm³/mol. The van der Waals surface area contributed by atoms with Crippen LogP contribution in [0.2, 0.25) is 0 Å². The number of carbonyl (C=O) groups is 1. The Hall–Kier alpha value is -1.81. The van der Waals surface area contributed by atoms with E-state index in [4.69, 9.17) is 5.73 Å². The lowest BCUT2D eigenvalue weighted by molar-refractivity contribution is 0.0950. The van der Waals surface area contributed by atoms with Crippen LogP contribution in [0.25, 0.3) is 0 Å². The molecule has 0 heterocycles. The van der Waals surface area contributed by atoms with Gasteiger partial charge in [-0.25, -0.2) is 0 Å². The van der Waals surface area contributed by atoms with Crippen LogP contribution in [0.15, 0.2) is 46.9 Å². The second-order valence-electron chi connectivity index (χ2n) is 4.35. The van der Waals surface area contributed by atoms with Gasteiger partial charge in [-0.2, -0.15) is 0 Å². The number of amides is 1. The number of carbonyl (C=O) groups excluding carboxylic acids is 1. The van der Waals surface area contributed by atoms with Crippen LogP contribution in [-0.2, 0) is 6.54 Å². The van der Waals surface area contributed by atoms with Crippen LogP contribution in [0.5, 0.6) is 0 Å². The van der Waals surface area contributed by atoms with Crippen molar-refractivity contribution in [3.05, 3.63) is 63.6 Å². The molecule has 0 fully saturated rings. The molecule has 3 nitrogen and oxygen atoms in total. The van der Waals surface area contributed by atoms with Crippen molar-refractivity contribution in [3.8, 4) is 0 Å². The number of nitrogens with one attached hydrogen (secondary N) is 1. The molecule has 0 aliphatic heterocycles. The van der Waals surface area contributed by atoms with Gasteiger partial charge in [0.05, 0.1) is 0 Å². The van der Waals surface area contributed by atoms with Crippen molar-refractivity contribution in [3.63, 3.8) is 0 Å². The molecule has 2 aromatic rings. The third-order valence-corrected chi connectivity index (χ3v) is 3.68. The first-order chi connectivity index (χ1) is 9.08. The Bertz CT molecular complexity index is 611. The highest BCUT2D eigenvalue weighted by Crippen LogP contribution is 2.16. The summed E-state index contributed by atoms with van der Waals surface area (Å²) in [7, 11) is 0. The maximum absolute atomic E-state index is 12.1. The Labute approximate surface area is 121 Å². The van der Waals surface area contributed by atoms with Crippen LogP contribution < -0.4 is 11.1 Å². The van der Waals surface area contributed by atoms with Gasteiger partial charge in [-0.05, 0) is 36.2 Å². The van der Waals surface area contributed by atoms with Crippen molar-refractivity contribution in [2.45, 2.75) is 13.5 Å². The fourth-order valence-electron chi connectivity index (χ4n) is 1.80. The summed E-state index contributed by atoms with van der Waals surface area (Å²) in [5.74, 6) is -0.111. The molecular formula is C15H15BrN2O. The number of nitrogens with two attached hydrogens (primary N) is 1. The largest absolute Gasteiger partial charge is 0.399 e. The molecule has 0 aliphatic rings. The van der Waals surface area contributed by atoms with Gasteiger partial charge in [-0.3, -0.25) is 4.79 Å². The van der Waals surface area contributed by atoms with Crippen molar-refractivity contribution in [2.24, 2.45) is 0 Å². The van der Waals surface area contributed by atoms with Crippen molar-refractivity contribution >= 4 is 27.5 Å². The first-order valence-corrected chi connectivity index (χ1v) is 6.75. The average molecular weight is 319 g/mol. The average Bonchev–Trinajstić information content (AvgIpc) is 2.40. The summed E-state index contributed by atoms with van der Waals surface area (Å²) >= 11 is 3.46. The first kappa shape index (κ1) is 13.6. The third-order valence-electron chi connectivity index (χ3n) is 2.90. The van der Waals surface area contributed by atoms with Crippen LogP contribution in [-0.4, -0.2) is 5.91 Å². The SMILES string of the molecule is Cc1ccc(N)cc1C(=O)NCc1ccccc1Br. The highest BCUT2D eigenvalue weighted by Gasteiger charge is 2.09. The molecule has 0 radical (unpaired) electrons. The Morgan fingerprint density at radius 1 is 1.26 bits per heavy atom. The number of hydrogen-bond acceptors (Lipinski definition) is 2. The fourth-order valence-corrected chi connectivity index (χ4v) is 2.22. The van der Waals surface area contributed by atoms with E-state index in [1.165, 1.54) is 0 Å². The first-order valence-electron chi connectivity index (χ1n) is 5.95. The molecule has 0 aliphatic carbocycles. The van der Waals surface area contributed by atoms with Gasteiger partial charge in [0.25, 0.3) is 5.91 Å². The summed E-state index contributed by atoms with van der Waals surface area (Å²) in [4.78, 5) is 12.1. The molecule has 3 N–H and O–H groups in total. The molecule has 19 heavy (non-hydrogen) atoms. The quantitative estimate of drug-likeness (QED) is 0.853. The van der Waals surface area contributed by atoms with Crippen molar-refractivity contribution in [1.82, 2.24) is 5.32 Å². The number of hydrogen-bond donors (Lipinski definition) is 2. The minimum Gasteiger partial charge on any atom is -0.399 e. The molecular weight excluding hydrogens is 304 g/mol. The van der Waals surface area contributed by atoms with Crippen LogP contribution in [0.4, 0.5) is 5.69 Å². The molecule has 98 valence electrons. The van der Waals surface area contributed by atoms with E-state index in [-0.39, 0.29) is 5.91 Å². The fraction of sp³-hybridized carbons (Fsp3) is 0.133. The number of benzene rings is 2. The lowest BCUT2D eigenvalue weighted by Crippen LogP contribution is -2.23. The van der Waals surface area contributed by atoms with E-state index in [0.717, 1.165) is 15.6 Å². The number of nitrogen functional groups attached to an aromatic ring is 1. The minimum atomic E-state index is -0.111. The summed E-state index contributed by atoms with van der Waals surface area (Å²) < 4.78 is 0.986. The molecule has 0 spiro atoms. The van der Waals surface area contributed by atoms with Crippen LogP contribution in [0.1, 0.15) is 21.5 Å². The summed E-state index contributed by atoms with van der Waals surface area (Å²) in [5.41, 5.74) is 8.88. The molecule has 0 saturated heterocycles. The van der Waals surface area contributed by atoms with Crippen LogP contribution in [0, 0.1) is 6.92 Å². The second-order valence-corrected chi connectivity index (χ2v) is 5.20. The summed E-state index contributed by atoms with van der Waals surface area (Å²) in [5, 5.41) is 2.90. The van der Waals surface area contributed by atoms with Crippen molar-refractivity contribution < 1.29 is 4.79 Å². The van der Waals surface area contributed by atoms with Gasteiger partial charge >= 0.3 is 0 Å². The number of aryl methyl sites for hydroxylation is 1. The number of anilines is 1. The number of rotatable bonds is 3. The van der Waals surface area contributed by atoms with E-state index in [1.807, 2.05) is 37.3 Å². The van der Waals surface area contributed by atoms with E-state index in [9.17, 15) is 4.79 Å². The molecule has 2 aromatic carbocycles. The van der Waals surface area contributed by atoms with E-state index in [2.05, 4.69) is 21.2 Å². The topological polar surface area (TPSA) is 55.1 Å². The van der Waals surface area contributed by atoms with E-state index in [1.54, 1.807) is 12.1 Å². The lowest BCUT2D eigenvalue weighted by atomic mass is 10.1. The standard InChI is InChI=1S/C15H15BrN2O/c1-10-6-7-12(17)8-13(10)15(19)18-9-11-4-2-3-5-14(11)16/h2-8H,9,17H2,1H3,(H,18,19). The zero-order valence-electron chi connectivity index (χ0n) is 10.6. The molecule has 0 atom stereocenters. The Morgan fingerprint density at radius 2 is 2.00 bits per heavy atom. The van der Waals surface area contributed by atoms with Crippen molar-refractivity contribution in [2.75, 3.05) is 5.73 Å². The predicted octanol–water partition coefficient (Wildman–Crippen LogP) is 3.27. The van der Waals surface area contributed by atoms with Gasteiger partial charge in [-0.15, -0.1) is 0 Å². The number of halogens is 1. The summed E-state index contributed by atoms with van der Waals surface area (Å²) in [6, 6.07) is 13.1. The molecule has 0 aromatic heterocycles. The second kappa shape index (κ2) is 5.89. The van der Waals surface area contributed by atoms with Gasteiger partial charge < -0.3 is 11.1 Å². The van der Waals surface area contributed by atoms with E-state index < -0.39 is 0 Å². The highest BCUT2D eigenvalue weighted by molar-refractivity contribution is 9.10. The third kappa shape index (κ3) is 3.35. The highest BCUT2D eigenvalue weighted by atomic mass is 79.9. The summed E-state index contributed by atoms with van der Waals surface area (Å²) in [6.45, 7) is 2.38. The van der Waals surface area contributed by atoms with Gasteiger partial charge in [0, 0.05) is 22.3 Å². The molecule has 0 bridgehead atoms. The van der Waals surface area contributed by atoms with Gasteiger partial charge in [0.2, 0.25) is 0 Å². The smallest absolute Gasteiger partial charge is 0.251 e. The zero-order chi connectivity index (χ0) is 13.8. The molecule has 0 saturated carbocycles. The van der Waals surface area contributed by atoms with E-state index >= 15 is 0 Å². The maximum atomic E-state index is 12.1. The maximum Gasteiger partial charge on any atom is 0.251 e. The Kier molecular flexibility index (Phi) is 4.22. The van der Waals surface area contributed by atoms with Gasteiger partial charge in [0.15, 0.2) is 0 Å². The molecule has 1 amide bonds. The van der Waals surface area contributed by atoms with Crippen molar-refractivity contribution in [1.29, 1.82) is 0 Å².